The Balaban J connectivity index is 1.89. The maximum Gasteiger partial charge on any atom is 0.295 e. The number of rotatable bonds is 8. The topological polar surface area (TPSA) is 76.1 Å². The van der Waals surface area contributed by atoms with Crippen LogP contribution in [0.3, 0.4) is 0 Å². The van der Waals surface area contributed by atoms with Crippen molar-refractivity contribution in [3.05, 3.63) is 82.9 Å². The van der Waals surface area contributed by atoms with Crippen molar-refractivity contribution < 1.29 is 24.2 Å². The number of amides is 1. The van der Waals surface area contributed by atoms with Crippen LogP contribution in [0.5, 0.6) is 5.75 Å². The molecule has 1 atom stereocenters. The van der Waals surface area contributed by atoms with E-state index in [-0.39, 0.29) is 11.3 Å². The molecule has 0 spiro atoms. The van der Waals surface area contributed by atoms with Crippen molar-refractivity contribution in [2.75, 3.05) is 26.9 Å². The summed E-state index contributed by atoms with van der Waals surface area (Å²) in [4.78, 5) is 28.0. The van der Waals surface area contributed by atoms with E-state index in [0.717, 1.165) is 21.9 Å². The summed E-state index contributed by atoms with van der Waals surface area (Å²) < 4.78 is 10.8. The standard InChI is InChI=1S/C28H29NO5/c1-4-34-23-14-13-20(17-18(23)2)26(30)24-25(29(15-8-16-33-3)28(32)27(24)31)22-12-7-10-19-9-5-6-11-21(19)22/h5-7,9-14,17,25,30H,4,8,15-16H2,1-3H3/b26-24-. The summed E-state index contributed by atoms with van der Waals surface area (Å²) in [5, 5.41) is 13.3. The highest BCUT2D eigenvalue weighted by Gasteiger charge is 2.46. The van der Waals surface area contributed by atoms with Gasteiger partial charge in [0, 0.05) is 25.8 Å². The van der Waals surface area contributed by atoms with E-state index in [9.17, 15) is 14.7 Å². The first-order valence-corrected chi connectivity index (χ1v) is 11.5. The molecule has 0 aliphatic carbocycles. The Labute approximate surface area is 199 Å². The molecule has 1 aliphatic heterocycles. The number of methoxy groups -OCH3 is 1. The molecule has 0 saturated carbocycles. The second kappa shape index (κ2) is 10.1. The summed E-state index contributed by atoms with van der Waals surface area (Å²) in [7, 11) is 1.60. The number of likely N-dealkylation sites (tertiary alicyclic amines) is 1. The first-order chi connectivity index (χ1) is 16.5. The number of fused-ring (bicyclic) bond motifs is 1. The third kappa shape index (κ3) is 4.29. The zero-order valence-electron chi connectivity index (χ0n) is 19.7. The molecule has 0 radical (unpaired) electrons. The van der Waals surface area contributed by atoms with Crippen molar-refractivity contribution in [2.24, 2.45) is 0 Å². The molecule has 1 fully saturated rings. The molecule has 1 heterocycles. The summed E-state index contributed by atoms with van der Waals surface area (Å²) in [5.74, 6) is -0.765. The molecule has 1 aliphatic rings. The smallest absolute Gasteiger partial charge is 0.295 e. The SMILES string of the molecule is CCOc1ccc(/C(O)=C2/C(=O)C(=O)N(CCCOC)C2c2cccc3ccccc23)cc1C. The van der Waals surface area contributed by atoms with Crippen LogP contribution in [0.1, 0.15) is 36.1 Å². The van der Waals surface area contributed by atoms with Crippen LogP contribution in [-0.2, 0) is 14.3 Å². The van der Waals surface area contributed by atoms with Gasteiger partial charge in [-0.2, -0.15) is 0 Å². The molecular formula is C28H29NO5. The highest BCUT2D eigenvalue weighted by atomic mass is 16.5. The number of carbonyl (C=O) groups excluding carboxylic acids is 2. The van der Waals surface area contributed by atoms with Crippen LogP contribution in [0.25, 0.3) is 16.5 Å². The number of ether oxygens (including phenoxy) is 2. The zero-order chi connectivity index (χ0) is 24.2. The van der Waals surface area contributed by atoms with Crippen LogP contribution in [0.2, 0.25) is 0 Å². The van der Waals surface area contributed by atoms with Crippen LogP contribution in [0, 0.1) is 6.92 Å². The van der Waals surface area contributed by atoms with E-state index in [2.05, 4.69) is 0 Å². The maximum absolute atomic E-state index is 13.3. The Morgan fingerprint density at radius 1 is 1.06 bits per heavy atom. The van der Waals surface area contributed by atoms with Gasteiger partial charge >= 0.3 is 0 Å². The van der Waals surface area contributed by atoms with E-state index in [1.807, 2.05) is 56.3 Å². The minimum absolute atomic E-state index is 0.0994. The number of ketones is 1. The predicted molar refractivity (Wildman–Crippen MR) is 132 cm³/mol. The molecule has 0 aromatic heterocycles. The van der Waals surface area contributed by atoms with Gasteiger partial charge in [0.05, 0.1) is 18.2 Å². The number of hydrogen-bond donors (Lipinski definition) is 1. The monoisotopic (exact) mass is 459 g/mol. The molecule has 1 amide bonds. The number of benzene rings is 3. The summed E-state index contributed by atoms with van der Waals surface area (Å²) in [6, 6.07) is 18.2. The van der Waals surface area contributed by atoms with Gasteiger partial charge in [0.1, 0.15) is 11.5 Å². The molecule has 34 heavy (non-hydrogen) atoms. The Bertz CT molecular complexity index is 1260. The van der Waals surface area contributed by atoms with Gasteiger partial charge in [0.25, 0.3) is 11.7 Å². The third-order valence-corrected chi connectivity index (χ3v) is 6.15. The minimum Gasteiger partial charge on any atom is -0.507 e. The largest absolute Gasteiger partial charge is 0.507 e. The van der Waals surface area contributed by atoms with Gasteiger partial charge in [-0.15, -0.1) is 0 Å². The van der Waals surface area contributed by atoms with E-state index < -0.39 is 17.7 Å². The number of aliphatic hydroxyl groups excluding tert-OH is 1. The zero-order valence-corrected chi connectivity index (χ0v) is 19.7. The molecule has 0 bridgehead atoms. The molecule has 176 valence electrons. The average Bonchev–Trinajstić information content (AvgIpc) is 3.09. The highest BCUT2D eigenvalue weighted by Crippen LogP contribution is 2.42. The molecule has 6 nitrogen and oxygen atoms in total. The molecule has 3 aromatic rings. The van der Waals surface area contributed by atoms with Crippen LogP contribution < -0.4 is 4.74 Å². The van der Waals surface area contributed by atoms with Crippen molar-refractivity contribution in [3.63, 3.8) is 0 Å². The molecular weight excluding hydrogens is 430 g/mol. The van der Waals surface area contributed by atoms with Gasteiger partial charge in [-0.25, -0.2) is 0 Å². The number of Topliss-reactive ketones (excluding diaryl/α,β-unsaturated/α-hetero) is 1. The van der Waals surface area contributed by atoms with Crippen LogP contribution >= 0.6 is 0 Å². The fourth-order valence-corrected chi connectivity index (χ4v) is 4.57. The van der Waals surface area contributed by atoms with E-state index in [4.69, 9.17) is 9.47 Å². The van der Waals surface area contributed by atoms with Crippen molar-refractivity contribution >= 4 is 28.2 Å². The minimum atomic E-state index is -0.699. The summed E-state index contributed by atoms with van der Waals surface area (Å²) in [6.45, 7) is 5.12. The molecule has 1 N–H and O–H groups in total. The average molecular weight is 460 g/mol. The lowest BCUT2D eigenvalue weighted by Gasteiger charge is -2.26. The summed E-state index contributed by atoms with van der Waals surface area (Å²) >= 11 is 0. The number of nitrogens with zero attached hydrogens (tertiary/aromatic N) is 1. The fourth-order valence-electron chi connectivity index (χ4n) is 4.57. The first kappa shape index (κ1) is 23.5. The second-order valence-corrected chi connectivity index (χ2v) is 8.32. The van der Waals surface area contributed by atoms with Crippen LogP contribution in [-0.4, -0.2) is 48.6 Å². The van der Waals surface area contributed by atoms with Gasteiger partial charge in [0.2, 0.25) is 0 Å². The molecule has 1 saturated heterocycles. The lowest BCUT2D eigenvalue weighted by molar-refractivity contribution is -0.140. The Kier molecular flexibility index (Phi) is 6.98. The van der Waals surface area contributed by atoms with Gasteiger partial charge in [-0.05, 0) is 60.4 Å². The predicted octanol–water partition coefficient (Wildman–Crippen LogP) is 5.01. The Morgan fingerprint density at radius 2 is 1.82 bits per heavy atom. The van der Waals surface area contributed by atoms with E-state index in [0.29, 0.717) is 37.5 Å². The van der Waals surface area contributed by atoms with Crippen molar-refractivity contribution in [1.29, 1.82) is 0 Å². The van der Waals surface area contributed by atoms with Gasteiger partial charge in [-0.1, -0.05) is 42.5 Å². The summed E-state index contributed by atoms with van der Waals surface area (Å²) in [5.41, 5.74) is 2.21. The van der Waals surface area contributed by atoms with Crippen molar-refractivity contribution in [2.45, 2.75) is 26.3 Å². The Hall–Kier alpha value is -3.64. The number of aryl methyl sites for hydroxylation is 1. The number of carbonyl (C=O) groups is 2. The quantitative estimate of drug-likeness (QED) is 0.222. The summed E-state index contributed by atoms with van der Waals surface area (Å²) in [6.07, 6.45) is 0.576. The van der Waals surface area contributed by atoms with Crippen LogP contribution in [0.15, 0.2) is 66.2 Å². The molecule has 4 rings (SSSR count). The maximum atomic E-state index is 13.3. The Morgan fingerprint density at radius 3 is 2.56 bits per heavy atom. The number of aliphatic hydroxyl groups is 1. The highest BCUT2D eigenvalue weighted by molar-refractivity contribution is 6.46. The van der Waals surface area contributed by atoms with Gasteiger partial charge < -0.3 is 19.5 Å². The van der Waals surface area contributed by atoms with Crippen LogP contribution in [0.4, 0.5) is 0 Å². The lowest BCUT2D eigenvalue weighted by Crippen LogP contribution is -2.31. The van der Waals surface area contributed by atoms with Crippen molar-refractivity contribution in [3.8, 4) is 5.75 Å². The molecule has 1 unspecified atom stereocenters. The van der Waals surface area contributed by atoms with E-state index in [1.165, 1.54) is 0 Å². The lowest BCUT2D eigenvalue weighted by atomic mass is 9.91. The van der Waals surface area contributed by atoms with Gasteiger partial charge in [0.15, 0.2) is 0 Å². The number of hydrogen-bond acceptors (Lipinski definition) is 5. The molecule has 6 heteroatoms. The van der Waals surface area contributed by atoms with E-state index >= 15 is 0 Å². The molecule has 3 aromatic carbocycles. The normalized spacial score (nSPS) is 17.5. The third-order valence-electron chi connectivity index (χ3n) is 6.15. The fraction of sp³-hybridized carbons (Fsp3) is 0.286. The van der Waals surface area contributed by atoms with Crippen molar-refractivity contribution in [1.82, 2.24) is 4.90 Å². The van der Waals surface area contributed by atoms with Gasteiger partial charge in [-0.3, -0.25) is 9.59 Å². The second-order valence-electron chi connectivity index (χ2n) is 8.32. The van der Waals surface area contributed by atoms with E-state index in [1.54, 1.807) is 30.2 Å². The first-order valence-electron chi connectivity index (χ1n) is 11.5.